The van der Waals surface area contributed by atoms with Crippen molar-refractivity contribution in [2.45, 2.75) is 39.7 Å². The molecule has 1 aromatic rings. The first-order valence-electron chi connectivity index (χ1n) is 7.97. The van der Waals surface area contributed by atoms with E-state index >= 15 is 0 Å². The highest BCUT2D eigenvalue weighted by Gasteiger charge is 2.05. The predicted octanol–water partition coefficient (Wildman–Crippen LogP) is 2.88. The number of aliphatic imine (C=N–C) groups is 1. The number of rotatable bonds is 8. The molecule has 0 radical (unpaired) electrons. The van der Waals surface area contributed by atoms with Crippen LogP contribution < -0.4 is 10.6 Å². The number of carbonyl (C=O) groups is 1. The molecule has 2 N–H and O–H groups in total. The average molecular weight is 451 g/mol. The van der Waals surface area contributed by atoms with Gasteiger partial charge in [-0.15, -0.1) is 24.0 Å². The Kier molecular flexibility index (Phi) is 12.2. The molecule has 0 saturated carbocycles. The van der Waals surface area contributed by atoms with Crippen LogP contribution in [0.1, 0.15) is 32.8 Å². The summed E-state index contributed by atoms with van der Waals surface area (Å²) in [6, 6.07) is 6.44. The Morgan fingerprint density at radius 1 is 1.25 bits per heavy atom. The lowest BCUT2D eigenvalue weighted by Crippen LogP contribution is -2.38. The lowest BCUT2D eigenvalue weighted by atomic mass is 10.1. The van der Waals surface area contributed by atoms with Gasteiger partial charge < -0.3 is 15.4 Å². The number of hydrogen-bond acceptors (Lipinski definition) is 3. The highest BCUT2D eigenvalue weighted by Crippen LogP contribution is 2.02. The van der Waals surface area contributed by atoms with Gasteiger partial charge in [0.1, 0.15) is 5.82 Å². The van der Waals surface area contributed by atoms with Gasteiger partial charge >= 0.3 is 5.97 Å². The summed E-state index contributed by atoms with van der Waals surface area (Å²) in [6.07, 6.45) is 0.917. The second kappa shape index (κ2) is 13.0. The van der Waals surface area contributed by atoms with Crippen LogP contribution >= 0.6 is 24.0 Å². The molecule has 0 atom stereocenters. The minimum Gasteiger partial charge on any atom is -0.463 e. The summed E-state index contributed by atoms with van der Waals surface area (Å²) in [7, 11) is 0. The minimum absolute atomic E-state index is 0. The Balaban J connectivity index is 0.00000529. The van der Waals surface area contributed by atoms with Crippen molar-refractivity contribution in [1.82, 2.24) is 10.6 Å². The molecule has 0 fully saturated rings. The van der Waals surface area contributed by atoms with Gasteiger partial charge in [0.2, 0.25) is 0 Å². The van der Waals surface area contributed by atoms with Gasteiger partial charge in [0.25, 0.3) is 0 Å². The van der Waals surface area contributed by atoms with E-state index in [1.165, 1.54) is 12.1 Å². The first-order valence-corrected chi connectivity index (χ1v) is 7.97. The summed E-state index contributed by atoms with van der Waals surface area (Å²) >= 11 is 0. The molecule has 7 heteroatoms. The first kappa shape index (κ1) is 22.6. The minimum atomic E-state index is -0.245. The topological polar surface area (TPSA) is 62.7 Å². The van der Waals surface area contributed by atoms with Crippen molar-refractivity contribution >= 4 is 35.9 Å². The number of ether oxygens (including phenoxy) is 1. The zero-order chi connectivity index (χ0) is 17.1. The Labute approximate surface area is 160 Å². The molecule has 136 valence electrons. The maximum absolute atomic E-state index is 12.8. The molecule has 0 aliphatic carbocycles. The van der Waals surface area contributed by atoms with Crippen LogP contribution in [0.2, 0.25) is 0 Å². The Hall–Kier alpha value is -1.38. The molecule has 0 heterocycles. The van der Waals surface area contributed by atoms with Crippen molar-refractivity contribution in [3.8, 4) is 0 Å². The summed E-state index contributed by atoms with van der Waals surface area (Å²) in [5.41, 5.74) is 1.05. The SMILES string of the molecule is CCNC(=NCCC(=O)OC(C)C)NCCc1ccc(F)cc1.I. The zero-order valence-corrected chi connectivity index (χ0v) is 16.8. The van der Waals surface area contributed by atoms with Gasteiger partial charge in [0.15, 0.2) is 5.96 Å². The number of benzene rings is 1. The molecule has 24 heavy (non-hydrogen) atoms. The number of nitrogens with zero attached hydrogens (tertiary/aromatic N) is 1. The normalized spacial score (nSPS) is 11.0. The molecular weight excluding hydrogens is 424 g/mol. The molecule has 0 aromatic heterocycles. The second-order valence-electron chi connectivity index (χ2n) is 5.35. The van der Waals surface area contributed by atoms with Crippen LogP contribution in [0.4, 0.5) is 4.39 Å². The van der Waals surface area contributed by atoms with Crippen LogP contribution in [0, 0.1) is 5.82 Å². The fraction of sp³-hybridized carbons (Fsp3) is 0.529. The summed E-state index contributed by atoms with van der Waals surface area (Å²) in [5.74, 6) is 0.183. The zero-order valence-electron chi connectivity index (χ0n) is 14.5. The first-order chi connectivity index (χ1) is 11.0. The third kappa shape index (κ3) is 10.4. The van der Waals surface area contributed by atoms with E-state index in [1.807, 2.05) is 20.8 Å². The van der Waals surface area contributed by atoms with Crippen LogP contribution in [0.3, 0.4) is 0 Å². The van der Waals surface area contributed by atoms with Gasteiger partial charge in [0.05, 0.1) is 19.1 Å². The largest absolute Gasteiger partial charge is 0.463 e. The van der Waals surface area contributed by atoms with Crippen molar-refractivity contribution in [3.05, 3.63) is 35.6 Å². The van der Waals surface area contributed by atoms with Gasteiger partial charge in [-0.3, -0.25) is 9.79 Å². The average Bonchev–Trinajstić information content (AvgIpc) is 2.48. The molecule has 1 aromatic carbocycles. The van der Waals surface area contributed by atoms with Crippen molar-refractivity contribution < 1.29 is 13.9 Å². The molecular formula is C17H27FIN3O2. The quantitative estimate of drug-likeness (QED) is 0.276. The van der Waals surface area contributed by atoms with Crippen LogP contribution in [-0.2, 0) is 16.0 Å². The molecule has 0 spiro atoms. The van der Waals surface area contributed by atoms with Gasteiger partial charge in [-0.05, 0) is 44.9 Å². The molecule has 0 saturated heterocycles. The highest BCUT2D eigenvalue weighted by atomic mass is 127. The summed E-state index contributed by atoms with van der Waals surface area (Å²) < 4.78 is 17.9. The van der Waals surface area contributed by atoms with Crippen molar-refractivity contribution in [2.24, 2.45) is 4.99 Å². The maximum Gasteiger partial charge on any atom is 0.307 e. The number of carbonyl (C=O) groups excluding carboxylic acids is 1. The third-order valence-electron chi connectivity index (χ3n) is 2.92. The van der Waals surface area contributed by atoms with Crippen molar-refractivity contribution in [2.75, 3.05) is 19.6 Å². The van der Waals surface area contributed by atoms with Crippen molar-refractivity contribution in [3.63, 3.8) is 0 Å². The van der Waals surface area contributed by atoms with Crippen LogP contribution in [0.25, 0.3) is 0 Å². The van der Waals surface area contributed by atoms with E-state index in [-0.39, 0.29) is 48.3 Å². The smallest absolute Gasteiger partial charge is 0.307 e. The lowest BCUT2D eigenvalue weighted by Gasteiger charge is -2.11. The molecule has 0 bridgehead atoms. The Morgan fingerprint density at radius 2 is 1.92 bits per heavy atom. The number of nitrogens with one attached hydrogen (secondary N) is 2. The molecule has 0 aliphatic heterocycles. The van der Waals surface area contributed by atoms with E-state index in [2.05, 4.69) is 15.6 Å². The Morgan fingerprint density at radius 3 is 2.50 bits per heavy atom. The van der Waals surface area contributed by atoms with Gasteiger partial charge in [0, 0.05) is 13.1 Å². The standard InChI is InChI=1S/C17H26FN3O2.HI/c1-4-19-17(21-12-10-16(22)23-13(2)3)20-11-9-14-5-7-15(18)8-6-14;/h5-8,13H,4,9-12H2,1-3H3,(H2,19,20,21);1H. The van der Waals surface area contributed by atoms with Crippen LogP contribution in [-0.4, -0.2) is 37.7 Å². The van der Waals surface area contributed by atoms with Crippen LogP contribution in [0.15, 0.2) is 29.3 Å². The van der Waals surface area contributed by atoms with E-state index < -0.39 is 0 Å². The molecule has 1 rings (SSSR count). The molecule has 0 aliphatic rings. The predicted molar refractivity (Wildman–Crippen MR) is 105 cm³/mol. The van der Waals surface area contributed by atoms with Crippen LogP contribution in [0.5, 0.6) is 0 Å². The fourth-order valence-corrected chi connectivity index (χ4v) is 1.90. The fourth-order valence-electron chi connectivity index (χ4n) is 1.90. The Bertz CT molecular complexity index is 507. The molecule has 0 unspecified atom stereocenters. The van der Waals surface area contributed by atoms with E-state index in [0.29, 0.717) is 19.0 Å². The van der Waals surface area contributed by atoms with E-state index in [0.717, 1.165) is 18.5 Å². The summed E-state index contributed by atoms with van der Waals surface area (Å²) in [6.45, 7) is 7.40. The number of guanidine groups is 1. The third-order valence-corrected chi connectivity index (χ3v) is 2.92. The van der Waals surface area contributed by atoms with Crippen molar-refractivity contribution in [1.29, 1.82) is 0 Å². The maximum atomic E-state index is 12.8. The molecule has 5 nitrogen and oxygen atoms in total. The monoisotopic (exact) mass is 451 g/mol. The van der Waals surface area contributed by atoms with Gasteiger partial charge in [-0.2, -0.15) is 0 Å². The molecule has 0 amide bonds. The van der Waals surface area contributed by atoms with E-state index in [9.17, 15) is 9.18 Å². The number of halogens is 2. The summed E-state index contributed by atoms with van der Waals surface area (Å²) in [4.78, 5) is 15.8. The van der Waals surface area contributed by atoms with E-state index in [1.54, 1.807) is 12.1 Å². The highest BCUT2D eigenvalue weighted by molar-refractivity contribution is 14.0. The van der Waals surface area contributed by atoms with E-state index in [4.69, 9.17) is 4.74 Å². The second-order valence-corrected chi connectivity index (χ2v) is 5.35. The van der Waals surface area contributed by atoms with Gasteiger partial charge in [-0.25, -0.2) is 4.39 Å². The van der Waals surface area contributed by atoms with Gasteiger partial charge in [-0.1, -0.05) is 12.1 Å². The lowest BCUT2D eigenvalue weighted by molar-refractivity contribution is -0.147. The number of hydrogen-bond donors (Lipinski definition) is 2. The number of esters is 1. The summed E-state index contributed by atoms with van der Waals surface area (Å²) in [5, 5.41) is 6.31.